The topological polar surface area (TPSA) is 39.2 Å². The number of aromatic nitrogens is 1. The summed E-state index contributed by atoms with van der Waals surface area (Å²) >= 11 is 0. The number of fused-ring (bicyclic) bond motifs is 1. The molecule has 1 aliphatic rings. The molecule has 0 saturated heterocycles. The Labute approximate surface area is 103 Å². The number of ketones is 1. The molecule has 94 valence electrons. The van der Waals surface area contributed by atoms with Crippen LogP contribution in [-0.2, 0) is 0 Å². The number of hydrogen-bond donors (Lipinski definition) is 0. The van der Waals surface area contributed by atoms with E-state index in [2.05, 4.69) is 18.8 Å². The average Bonchev–Trinajstić information content (AvgIpc) is 2.31. The van der Waals surface area contributed by atoms with E-state index in [0.29, 0.717) is 23.7 Å². The maximum absolute atomic E-state index is 11.9. The molecular formula is C14H21NO2. The van der Waals surface area contributed by atoms with E-state index in [4.69, 9.17) is 4.74 Å². The molecule has 0 aliphatic carbocycles. The second-order valence-corrected chi connectivity index (χ2v) is 4.54. The Bertz CT molecular complexity index is 401. The number of pyridine rings is 1. The predicted octanol–water partition coefficient (Wildman–Crippen LogP) is 3.49. The molecule has 0 bridgehead atoms. The maximum atomic E-state index is 11.9. The van der Waals surface area contributed by atoms with Gasteiger partial charge in [-0.25, -0.2) is 0 Å². The van der Waals surface area contributed by atoms with Gasteiger partial charge < -0.3 is 4.74 Å². The zero-order valence-electron chi connectivity index (χ0n) is 11.3. The number of Topliss-reactive ketones (excluding diaryl/α,β-unsaturated/α-hetero) is 1. The van der Waals surface area contributed by atoms with Crippen LogP contribution in [0.3, 0.4) is 0 Å². The van der Waals surface area contributed by atoms with Crippen LogP contribution >= 0.6 is 0 Å². The monoisotopic (exact) mass is 235 g/mol. The maximum Gasteiger partial charge on any atom is 0.170 e. The zero-order chi connectivity index (χ0) is 13.1. The molecule has 0 N–H and O–H groups in total. The molecule has 0 saturated carbocycles. The predicted molar refractivity (Wildman–Crippen MR) is 68.4 cm³/mol. The van der Waals surface area contributed by atoms with Crippen LogP contribution in [0.5, 0.6) is 5.75 Å². The van der Waals surface area contributed by atoms with E-state index < -0.39 is 5.60 Å². The van der Waals surface area contributed by atoms with Crippen LogP contribution in [0.4, 0.5) is 0 Å². The molecule has 3 nitrogen and oxygen atoms in total. The molecule has 1 unspecified atom stereocenters. The second-order valence-electron chi connectivity index (χ2n) is 4.54. The summed E-state index contributed by atoms with van der Waals surface area (Å²) in [5.74, 6) is 1.06. The number of nitrogens with zero attached hydrogens (tertiary/aromatic N) is 1. The third kappa shape index (κ3) is 2.65. The van der Waals surface area contributed by atoms with Crippen molar-refractivity contribution in [1.29, 1.82) is 0 Å². The first-order chi connectivity index (χ1) is 8.03. The molecule has 17 heavy (non-hydrogen) atoms. The Kier molecular flexibility index (Phi) is 4.27. The van der Waals surface area contributed by atoms with Crippen molar-refractivity contribution in [3.63, 3.8) is 0 Å². The molecule has 1 aliphatic heterocycles. The Morgan fingerprint density at radius 2 is 2.06 bits per heavy atom. The smallest absolute Gasteiger partial charge is 0.170 e. The van der Waals surface area contributed by atoms with Crippen LogP contribution in [0.25, 0.3) is 0 Å². The van der Waals surface area contributed by atoms with Crippen LogP contribution in [0.1, 0.15) is 51.4 Å². The molecule has 2 rings (SSSR count). The number of hydrogen-bond acceptors (Lipinski definition) is 3. The highest BCUT2D eigenvalue weighted by Crippen LogP contribution is 2.36. The summed E-state index contributed by atoms with van der Waals surface area (Å²) < 4.78 is 5.87. The van der Waals surface area contributed by atoms with Crippen LogP contribution in [0, 0.1) is 5.92 Å². The van der Waals surface area contributed by atoms with Gasteiger partial charge in [-0.05, 0) is 18.9 Å². The van der Waals surface area contributed by atoms with Crippen molar-refractivity contribution in [2.75, 3.05) is 0 Å². The van der Waals surface area contributed by atoms with Crippen molar-refractivity contribution in [3.05, 3.63) is 24.0 Å². The Morgan fingerprint density at radius 1 is 1.41 bits per heavy atom. The van der Waals surface area contributed by atoms with Gasteiger partial charge in [0.15, 0.2) is 5.78 Å². The SMILES string of the molecule is CC.CC(C)C1(C)CC(=O)c2ccncc2O1. The van der Waals surface area contributed by atoms with Crippen molar-refractivity contribution in [3.8, 4) is 5.75 Å². The first kappa shape index (κ1) is 13.7. The summed E-state index contributed by atoms with van der Waals surface area (Å²) in [6.45, 7) is 10.1. The van der Waals surface area contributed by atoms with Gasteiger partial charge in [0, 0.05) is 6.20 Å². The Balaban J connectivity index is 0.000000686. The average molecular weight is 235 g/mol. The third-order valence-electron chi connectivity index (χ3n) is 3.16. The molecule has 1 aromatic heterocycles. The first-order valence-corrected chi connectivity index (χ1v) is 6.19. The van der Waals surface area contributed by atoms with Gasteiger partial charge in [0.2, 0.25) is 0 Å². The largest absolute Gasteiger partial charge is 0.484 e. The van der Waals surface area contributed by atoms with Crippen molar-refractivity contribution >= 4 is 5.78 Å². The fourth-order valence-electron chi connectivity index (χ4n) is 1.71. The minimum absolute atomic E-state index is 0.148. The lowest BCUT2D eigenvalue weighted by atomic mass is 9.83. The van der Waals surface area contributed by atoms with E-state index in [-0.39, 0.29) is 5.78 Å². The minimum Gasteiger partial charge on any atom is -0.484 e. The quantitative estimate of drug-likeness (QED) is 0.748. The summed E-state index contributed by atoms with van der Waals surface area (Å²) in [6, 6.07) is 1.72. The molecular weight excluding hydrogens is 214 g/mol. The molecule has 1 aromatic rings. The third-order valence-corrected chi connectivity index (χ3v) is 3.16. The highest BCUT2D eigenvalue weighted by atomic mass is 16.5. The summed E-state index contributed by atoms with van der Waals surface area (Å²) in [4.78, 5) is 15.9. The molecule has 2 heterocycles. The van der Waals surface area contributed by atoms with Crippen molar-refractivity contribution in [1.82, 2.24) is 4.98 Å². The Hall–Kier alpha value is -1.38. The van der Waals surface area contributed by atoms with Gasteiger partial charge in [0.1, 0.15) is 11.4 Å². The lowest BCUT2D eigenvalue weighted by molar-refractivity contribution is 0.0209. The van der Waals surface area contributed by atoms with E-state index >= 15 is 0 Å². The van der Waals surface area contributed by atoms with Crippen LogP contribution in [0.15, 0.2) is 18.5 Å². The number of carbonyl (C=O) groups is 1. The highest BCUT2D eigenvalue weighted by Gasteiger charge is 2.38. The molecule has 0 spiro atoms. The first-order valence-electron chi connectivity index (χ1n) is 6.19. The molecule has 0 aromatic carbocycles. The van der Waals surface area contributed by atoms with E-state index in [1.165, 1.54) is 0 Å². The number of ether oxygens (including phenoxy) is 1. The lowest BCUT2D eigenvalue weighted by Gasteiger charge is -2.37. The fraction of sp³-hybridized carbons (Fsp3) is 0.571. The van der Waals surface area contributed by atoms with Crippen molar-refractivity contribution in [2.45, 2.75) is 46.6 Å². The highest BCUT2D eigenvalue weighted by molar-refractivity contribution is 6.00. The van der Waals surface area contributed by atoms with Crippen LogP contribution in [0.2, 0.25) is 0 Å². The van der Waals surface area contributed by atoms with Gasteiger partial charge in [-0.2, -0.15) is 0 Å². The number of carbonyl (C=O) groups excluding carboxylic acids is 1. The van der Waals surface area contributed by atoms with Crippen molar-refractivity contribution < 1.29 is 9.53 Å². The summed E-state index contributed by atoms with van der Waals surface area (Å²) in [5, 5.41) is 0. The van der Waals surface area contributed by atoms with Gasteiger partial charge in [0.05, 0.1) is 18.2 Å². The van der Waals surface area contributed by atoms with Gasteiger partial charge >= 0.3 is 0 Å². The molecule has 1 atom stereocenters. The lowest BCUT2D eigenvalue weighted by Crippen LogP contribution is -2.43. The van der Waals surface area contributed by atoms with E-state index in [1.807, 2.05) is 20.8 Å². The fourth-order valence-corrected chi connectivity index (χ4v) is 1.71. The van der Waals surface area contributed by atoms with E-state index in [9.17, 15) is 4.79 Å². The molecule has 0 radical (unpaired) electrons. The zero-order valence-corrected chi connectivity index (χ0v) is 11.3. The summed E-state index contributed by atoms with van der Waals surface area (Å²) in [5.41, 5.74) is 0.260. The van der Waals surface area contributed by atoms with Crippen molar-refractivity contribution in [2.24, 2.45) is 5.92 Å². The second kappa shape index (κ2) is 5.30. The van der Waals surface area contributed by atoms with E-state index in [1.54, 1.807) is 18.5 Å². The minimum atomic E-state index is -0.396. The van der Waals surface area contributed by atoms with Gasteiger partial charge in [-0.1, -0.05) is 27.7 Å². The van der Waals surface area contributed by atoms with Gasteiger partial charge in [-0.15, -0.1) is 0 Å². The van der Waals surface area contributed by atoms with Crippen LogP contribution in [-0.4, -0.2) is 16.4 Å². The van der Waals surface area contributed by atoms with Gasteiger partial charge in [-0.3, -0.25) is 9.78 Å². The summed E-state index contributed by atoms with van der Waals surface area (Å²) in [6.07, 6.45) is 3.69. The Morgan fingerprint density at radius 3 is 2.65 bits per heavy atom. The molecule has 0 amide bonds. The number of rotatable bonds is 1. The van der Waals surface area contributed by atoms with Crippen LogP contribution < -0.4 is 4.74 Å². The molecule has 0 fully saturated rings. The normalized spacial score (nSPS) is 22.4. The summed E-state index contributed by atoms with van der Waals surface area (Å²) in [7, 11) is 0. The van der Waals surface area contributed by atoms with Gasteiger partial charge in [0.25, 0.3) is 0 Å². The molecule has 3 heteroatoms. The standard InChI is InChI=1S/C12H15NO2.C2H6/c1-8(2)12(3)6-10(14)9-4-5-13-7-11(9)15-12;1-2/h4-5,7-8H,6H2,1-3H3;1-2H3. The van der Waals surface area contributed by atoms with E-state index in [0.717, 1.165) is 0 Å².